The first-order chi connectivity index (χ1) is 20.1. The third-order valence-electron chi connectivity index (χ3n) is 6.53. The minimum atomic E-state index is -0.341. The Morgan fingerprint density at radius 1 is 0.878 bits per heavy atom. The maximum Gasteiger partial charge on any atom is 0.277 e. The summed E-state index contributed by atoms with van der Waals surface area (Å²) in [5.41, 5.74) is 5.26. The van der Waals surface area contributed by atoms with Crippen molar-refractivity contribution in [1.82, 2.24) is 24.5 Å². The van der Waals surface area contributed by atoms with Crippen molar-refractivity contribution < 1.29 is 9.59 Å². The van der Waals surface area contributed by atoms with E-state index in [1.807, 2.05) is 71.4 Å². The largest absolute Gasteiger partial charge is 0.378 e. The maximum absolute atomic E-state index is 13.2. The summed E-state index contributed by atoms with van der Waals surface area (Å²) < 4.78 is 1.98. The Bertz CT molecular complexity index is 1800. The smallest absolute Gasteiger partial charge is 0.277 e. The molecule has 0 radical (unpaired) electrons. The van der Waals surface area contributed by atoms with E-state index in [2.05, 4.69) is 25.6 Å². The van der Waals surface area contributed by atoms with Crippen LogP contribution in [0.25, 0.3) is 21.6 Å². The third-order valence-corrected chi connectivity index (χ3v) is 7.42. The number of amides is 1. The van der Waals surface area contributed by atoms with E-state index in [-0.39, 0.29) is 18.2 Å². The van der Waals surface area contributed by atoms with Crippen LogP contribution >= 0.6 is 11.3 Å². The van der Waals surface area contributed by atoms with Gasteiger partial charge in [0.2, 0.25) is 5.95 Å². The van der Waals surface area contributed by atoms with Crippen LogP contribution in [0.1, 0.15) is 26.4 Å². The molecule has 0 saturated carbocycles. The summed E-state index contributed by atoms with van der Waals surface area (Å²) in [6.45, 7) is 0.737. The lowest BCUT2D eigenvalue weighted by atomic mass is 10.1. The molecule has 0 aliphatic rings. The highest BCUT2D eigenvalue weighted by molar-refractivity contribution is 7.13. The van der Waals surface area contributed by atoms with Crippen molar-refractivity contribution in [2.75, 3.05) is 17.2 Å². The first-order valence-electron chi connectivity index (χ1n) is 13.0. The zero-order chi connectivity index (χ0) is 28.0. The molecule has 4 heterocycles. The topological polar surface area (TPSA) is 115 Å². The van der Waals surface area contributed by atoms with Gasteiger partial charge < -0.3 is 9.88 Å². The van der Waals surface area contributed by atoms with Gasteiger partial charge in [-0.2, -0.15) is 0 Å². The number of nitrogens with one attached hydrogen (secondary N) is 2. The lowest BCUT2D eigenvalue weighted by Gasteiger charge is -2.10. The fraction of sp³-hybridized carbons (Fsp3) is 0.0968. The van der Waals surface area contributed by atoms with Crippen LogP contribution in [0.2, 0.25) is 0 Å². The number of carbonyl (C=O) groups excluding carboxylic acids is 2. The molecule has 2 aromatic carbocycles. The van der Waals surface area contributed by atoms with Crippen LogP contribution in [-0.2, 0) is 13.0 Å². The zero-order valence-corrected chi connectivity index (χ0v) is 22.7. The number of benzene rings is 2. The second-order valence-electron chi connectivity index (χ2n) is 9.27. The number of hydrogen-bond acceptors (Lipinski definition) is 8. The summed E-state index contributed by atoms with van der Waals surface area (Å²) in [6.07, 6.45) is 7.67. The summed E-state index contributed by atoms with van der Waals surface area (Å²) >= 11 is 1.40. The van der Waals surface area contributed by atoms with E-state index < -0.39 is 0 Å². The lowest BCUT2D eigenvalue weighted by Crippen LogP contribution is -2.17. The van der Waals surface area contributed by atoms with E-state index in [9.17, 15) is 9.59 Å². The van der Waals surface area contributed by atoms with Crippen molar-refractivity contribution in [2.45, 2.75) is 13.0 Å². The maximum atomic E-state index is 13.2. The van der Waals surface area contributed by atoms with Gasteiger partial charge in [0.1, 0.15) is 10.7 Å². The van der Waals surface area contributed by atoms with Crippen LogP contribution in [0, 0.1) is 0 Å². The number of Topliss-reactive ketones (excluding diaryl/α,β-unsaturated/α-hetero) is 1. The van der Waals surface area contributed by atoms with Gasteiger partial charge in [-0.05, 0) is 48.4 Å². The number of carbonyl (C=O) groups is 2. The van der Waals surface area contributed by atoms with Crippen LogP contribution in [0.3, 0.4) is 0 Å². The molecule has 0 bridgehead atoms. The number of imidazole rings is 1. The van der Waals surface area contributed by atoms with Gasteiger partial charge in [0.15, 0.2) is 5.78 Å². The number of fused-ring (bicyclic) bond motifs is 1. The monoisotopic (exact) mass is 559 g/mol. The van der Waals surface area contributed by atoms with Crippen LogP contribution in [0.5, 0.6) is 0 Å². The predicted octanol–water partition coefficient (Wildman–Crippen LogP) is 5.74. The first kappa shape index (κ1) is 26.0. The molecule has 41 heavy (non-hydrogen) atoms. The Labute approximate surface area is 240 Å². The van der Waals surface area contributed by atoms with E-state index in [0.29, 0.717) is 35.7 Å². The number of nitrogens with zero attached hydrogens (tertiary/aromatic N) is 5. The minimum absolute atomic E-state index is 0.00459. The molecule has 0 aliphatic carbocycles. The molecule has 202 valence electrons. The summed E-state index contributed by atoms with van der Waals surface area (Å²) in [7, 11) is 0. The molecule has 6 rings (SSSR count). The number of anilines is 2. The summed E-state index contributed by atoms with van der Waals surface area (Å²) in [6, 6.07) is 22.6. The molecule has 0 saturated heterocycles. The van der Waals surface area contributed by atoms with E-state index in [4.69, 9.17) is 4.98 Å². The average Bonchev–Trinajstić information content (AvgIpc) is 3.65. The van der Waals surface area contributed by atoms with Gasteiger partial charge in [-0.1, -0.05) is 36.4 Å². The molecule has 0 spiro atoms. The van der Waals surface area contributed by atoms with Gasteiger partial charge in [0.25, 0.3) is 5.91 Å². The zero-order valence-electron chi connectivity index (χ0n) is 21.9. The lowest BCUT2D eigenvalue weighted by molar-refractivity contribution is 0.100. The van der Waals surface area contributed by atoms with E-state index >= 15 is 0 Å². The Hall–Kier alpha value is -5.22. The molecule has 9 nitrogen and oxygen atoms in total. The molecule has 0 unspecified atom stereocenters. The normalized spacial score (nSPS) is 10.9. The van der Waals surface area contributed by atoms with Gasteiger partial charge in [0, 0.05) is 53.5 Å². The highest BCUT2D eigenvalue weighted by Crippen LogP contribution is 2.26. The molecule has 10 heteroatoms. The number of aromatic nitrogens is 5. The number of hydrogen-bond donors (Lipinski definition) is 2. The standard InChI is InChI=1S/C31H25N7O2S/c39-28(22-6-2-1-3-7-22)19-34-24-8-9-27-25(17-24)36-31(38(27)16-12-21-5-4-13-33-18-21)37-29(40)26-20-41-30(35-26)23-10-14-32-15-11-23/h1-11,13-15,17-18,20,34H,12,16,19H2,(H,36,37,40). The van der Waals surface area contributed by atoms with Crippen LogP contribution < -0.4 is 10.6 Å². The van der Waals surface area contributed by atoms with Crippen molar-refractivity contribution in [3.8, 4) is 10.6 Å². The molecular weight excluding hydrogens is 534 g/mol. The molecule has 4 aromatic heterocycles. The minimum Gasteiger partial charge on any atom is -0.378 e. The molecule has 6 aromatic rings. The van der Waals surface area contributed by atoms with Crippen molar-refractivity contribution in [3.63, 3.8) is 0 Å². The van der Waals surface area contributed by atoms with Crippen LogP contribution in [-0.4, -0.2) is 42.7 Å². The highest BCUT2D eigenvalue weighted by Gasteiger charge is 2.18. The Balaban J connectivity index is 1.25. The fourth-order valence-electron chi connectivity index (χ4n) is 4.43. The average molecular weight is 560 g/mol. The summed E-state index contributed by atoms with van der Waals surface area (Å²) in [4.78, 5) is 43.3. The molecule has 2 N–H and O–H groups in total. The van der Waals surface area contributed by atoms with E-state index in [0.717, 1.165) is 27.3 Å². The number of thiazole rings is 1. The van der Waals surface area contributed by atoms with Crippen LogP contribution in [0.15, 0.2) is 103 Å². The molecule has 0 atom stereocenters. The number of ketones is 1. The molecule has 0 aliphatic heterocycles. The second kappa shape index (κ2) is 11.9. The predicted molar refractivity (Wildman–Crippen MR) is 160 cm³/mol. The van der Waals surface area contributed by atoms with Gasteiger partial charge >= 0.3 is 0 Å². The van der Waals surface area contributed by atoms with E-state index in [1.165, 1.54) is 11.3 Å². The Kier molecular flexibility index (Phi) is 7.55. The fourth-order valence-corrected chi connectivity index (χ4v) is 5.23. The number of rotatable bonds is 10. The molecule has 1 amide bonds. The van der Waals surface area contributed by atoms with Crippen molar-refractivity contribution in [2.24, 2.45) is 0 Å². The van der Waals surface area contributed by atoms with Crippen LogP contribution in [0.4, 0.5) is 11.6 Å². The Morgan fingerprint density at radius 3 is 2.54 bits per heavy atom. The quantitative estimate of drug-likeness (QED) is 0.206. The summed E-state index contributed by atoms with van der Waals surface area (Å²) in [5.74, 6) is 0.0752. The second-order valence-corrected chi connectivity index (χ2v) is 10.1. The first-order valence-corrected chi connectivity index (χ1v) is 13.9. The SMILES string of the molecule is O=C(CNc1ccc2c(c1)nc(NC(=O)c1csc(-c3ccncc3)n1)n2CCc1cccnc1)c1ccccc1. The third kappa shape index (κ3) is 6.02. The molecular formula is C31H25N7O2S. The number of pyridine rings is 2. The van der Waals surface area contributed by atoms with Crippen molar-refractivity contribution >= 4 is 45.7 Å². The Morgan fingerprint density at radius 2 is 1.73 bits per heavy atom. The van der Waals surface area contributed by atoms with Crippen molar-refractivity contribution in [1.29, 1.82) is 0 Å². The molecule has 0 fully saturated rings. The number of aryl methyl sites for hydroxylation is 2. The van der Waals surface area contributed by atoms with Gasteiger partial charge in [-0.3, -0.25) is 24.9 Å². The van der Waals surface area contributed by atoms with Crippen molar-refractivity contribution in [3.05, 3.63) is 120 Å². The van der Waals surface area contributed by atoms with Gasteiger partial charge in [-0.25, -0.2) is 9.97 Å². The van der Waals surface area contributed by atoms with Gasteiger partial charge in [0.05, 0.1) is 17.6 Å². The highest BCUT2D eigenvalue weighted by atomic mass is 32.1. The van der Waals surface area contributed by atoms with E-state index in [1.54, 1.807) is 36.1 Å². The van der Waals surface area contributed by atoms with Gasteiger partial charge in [-0.15, -0.1) is 11.3 Å². The summed E-state index contributed by atoms with van der Waals surface area (Å²) in [5, 5.41) is 8.64.